The van der Waals surface area contributed by atoms with Crippen molar-refractivity contribution in [3.63, 3.8) is 0 Å². The van der Waals surface area contributed by atoms with Gasteiger partial charge in [0.25, 0.3) is 0 Å². The number of nitrogens with zero attached hydrogens (tertiary/aromatic N) is 1. The van der Waals surface area contributed by atoms with Crippen LogP contribution in [0.15, 0.2) is 86.0 Å². The van der Waals surface area contributed by atoms with Crippen LogP contribution in [0.3, 0.4) is 0 Å². The second-order valence-corrected chi connectivity index (χ2v) is 10.9. The van der Waals surface area contributed by atoms with Gasteiger partial charge in [-0.1, -0.05) is 97.4 Å². The Hall–Kier alpha value is -2.15. The molecule has 0 spiro atoms. The highest BCUT2D eigenvalue weighted by molar-refractivity contribution is 6.20. The van der Waals surface area contributed by atoms with E-state index in [1.165, 1.54) is 44.6 Å². The molecule has 0 amide bonds. The van der Waals surface area contributed by atoms with Gasteiger partial charge >= 0.3 is 0 Å². The average Bonchev–Trinajstić information content (AvgIpc) is 2.72. The van der Waals surface area contributed by atoms with Crippen molar-refractivity contribution in [1.82, 2.24) is 0 Å². The molecule has 0 radical (unpaired) electrons. The topological polar surface area (TPSA) is 12.4 Å². The van der Waals surface area contributed by atoms with E-state index in [1.54, 1.807) is 0 Å². The zero-order chi connectivity index (χ0) is 26.3. The highest BCUT2D eigenvalue weighted by Crippen LogP contribution is 2.38. The molecule has 0 aromatic rings. The quantitative estimate of drug-likeness (QED) is 0.378. The summed E-state index contributed by atoms with van der Waals surface area (Å²) in [7, 11) is 1.87. The molecule has 0 saturated heterocycles. The molecule has 0 atom stereocenters. The van der Waals surface area contributed by atoms with Crippen molar-refractivity contribution in [1.29, 1.82) is 0 Å². The lowest BCUT2D eigenvalue weighted by atomic mass is 9.77. The molecule has 1 heteroatoms. The number of aliphatic imine (C=N–C) groups is 1. The number of hydrogen-bond acceptors (Lipinski definition) is 1. The van der Waals surface area contributed by atoms with E-state index in [-0.39, 0.29) is 10.8 Å². The van der Waals surface area contributed by atoms with E-state index in [2.05, 4.69) is 119 Å². The van der Waals surface area contributed by atoms with Gasteiger partial charge in [-0.05, 0) is 80.2 Å². The van der Waals surface area contributed by atoms with Crippen LogP contribution >= 0.6 is 0 Å². The van der Waals surface area contributed by atoms with Crippen LogP contribution in [0.5, 0.6) is 0 Å². The Kier molecular flexibility index (Phi) is 11.5. The van der Waals surface area contributed by atoms with Gasteiger partial charge in [-0.25, -0.2) is 0 Å². The van der Waals surface area contributed by atoms with Crippen molar-refractivity contribution in [3.8, 4) is 0 Å². The van der Waals surface area contributed by atoms with Crippen LogP contribution in [0.2, 0.25) is 0 Å². The van der Waals surface area contributed by atoms with E-state index >= 15 is 0 Å². The maximum atomic E-state index is 4.68. The van der Waals surface area contributed by atoms with E-state index in [0.717, 1.165) is 11.3 Å². The Morgan fingerprint density at radius 1 is 0.667 bits per heavy atom. The SMILES string of the molecule is C=C1C(=NC)C(/C(C)=C/C=C(\C)C(C)(C)C)=C(C)C(C)=C1/C(C)=C/C=C(\C)C(C)(C)C.CC. The van der Waals surface area contributed by atoms with Gasteiger partial charge in [0.05, 0.1) is 5.71 Å². The predicted octanol–water partition coefficient (Wildman–Crippen LogP) is 10.2. The molecular formula is C32H51N. The fraction of sp³-hybridized carbons (Fsp3) is 0.531. The summed E-state index contributed by atoms with van der Waals surface area (Å²) >= 11 is 0. The van der Waals surface area contributed by atoms with Gasteiger partial charge in [-0.3, -0.25) is 4.99 Å². The standard InChI is InChI=1S/C30H45N.C2H6/c1-19(15-17-21(3)29(8,9)10)26-23(5)24(6)27(28(31-14)25(26)7)20(2)16-18-22(4)30(11,12)13;1-2/h15-18H,7H2,1-6,8-14H3;1-2H3/b19-15+,20-16+,21-17+,22-18+,31-28?;. The molecule has 0 unspecified atom stereocenters. The first-order chi connectivity index (χ1) is 15.0. The Bertz CT molecular complexity index is 949. The van der Waals surface area contributed by atoms with E-state index in [4.69, 9.17) is 0 Å². The van der Waals surface area contributed by atoms with E-state index in [9.17, 15) is 0 Å². The lowest BCUT2D eigenvalue weighted by Gasteiger charge is -2.28. The Morgan fingerprint density at radius 3 is 1.33 bits per heavy atom. The minimum absolute atomic E-state index is 0.168. The van der Waals surface area contributed by atoms with Gasteiger partial charge in [-0.2, -0.15) is 0 Å². The normalized spacial score (nSPS) is 18.8. The van der Waals surface area contributed by atoms with Gasteiger partial charge in [0.2, 0.25) is 0 Å². The first kappa shape index (κ1) is 30.9. The highest BCUT2D eigenvalue weighted by atomic mass is 14.7. The maximum absolute atomic E-state index is 4.68. The molecule has 0 aromatic carbocycles. The summed E-state index contributed by atoms with van der Waals surface area (Å²) in [4.78, 5) is 4.68. The number of hydrogen-bond donors (Lipinski definition) is 0. The van der Waals surface area contributed by atoms with Crippen LogP contribution in [0, 0.1) is 10.8 Å². The number of rotatable bonds is 4. The maximum Gasteiger partial charge on any atom is 0.0721 e. The average molecular weight is 450 g/mol. The second kappa shape index (κ2) is 12.4. The van der Waals surface area contributed by atoms with Crippen LogP contribution in [-0.4, -0.2) is 12.8 Å². The van der Waals surface area contributed by atoms with Crippen molar-refractivity contribution in [2.45, 2.75) is 96.9 Å². The van der Waals surface area contributed by atoms with Gasteiger partial charge in [0.15, 0.2) is 0 Å². The lowest BCUT2D eigenvalue weighted by Crippen LogP contribution is -2.18. The number of allylic oxidation sites excluding steroid dienone is 13. The molecule has 184 valence electrons. The third kappa shape index (κ3) is 7.98. The minimum atomic E-state index is 0.168. The molecule has 0 N–H and O–H groups in total. The molecule has 0 fully saturated rings. The van der Waals surface area contributed by atoms with E-state index in [1.807, 2.05) is 20.9 Å². The minimum Gasteiger partial charge on any atom is -0.287 e. The molecule has 0 aliphatic heterocycles. The Morgan fingerprint density at radius 2 is 1.00 bits per heavy atom. The largest absolute Gasteiger partial charge is 0.287 e. The summed E-state index contributed by atoms with van der Waals surface area (Å²) in [5, 5.41) is 0. The smallest absolute Gasteiger partial charge is 0.0721 e. The van der Waals surface area contributed by atoms with Gasteiger partial charge < -0.3 is 0 Å². The Balaban J connectivity index is 0.00000497. The van der Waals surface area contributed by atoms with Gasteiger partial charge in [0.1, 0.15) is 0 Å². The third-order valence-corrected chi connectivity index (χ3v) is 6.68. The summed E-state index contributed by atoms with van der Waals surface area (Å²) < 4.78 is 0. The molecule has 0 saturated carbocycles. The molecule has 0 heterocycles. The van der Waals surface area contributed by atoms with Crippen molar-refractivity contribution in [2.24, 2.45) is 15.8 Å². The Labute approximate surface area is 206 Å². The molecular weight excluding hydrogens is 398 g/mol. The van der Waals surface area contributed by atoms with Crippen molar-refractivity contribution < 1.29 is 0 Å². The van der Waals surface area contributed by atoms with Crippen LogP contribution in [0.25, 0.3) is 0 Å². The molecule has 0 bridgehead atoms. The summed E-state index contributed by atoms with van der Waals surface area (Å²) in [6.45, 7) is 35.1. The third-order valence-electron chi connectivity index (χ3n) is 6.68. The molecule has 0 aromatic heterocycles. The van der Waals surface area contributed by atoms with E-state index < -0.39 is 0 Å². The van der Waals surface area contributed by atoms with Crippen molar-refractivity contribution in [3.05, 3.63) is 81.0 Å². The summed E-state index contributed by atoms with van der Waals surface area (Å²) in [6.07, 6.45) is 8.94. The molecule has 1 aliphatic carbocycles. The first-order valence-corrected chi connectivity index (χ1v) is 12.3. The lowest BCUT2D eigenvalue weighted by molar-refractivity contribution is 0.504. The van der Waals surface area contributed by atoms with Crippen LogP contribution in [0.1, 0.15) is 96.9 Å². The fourth-order valence-electron chi connectivity index (χ4n) is 3.48. The zero-order valence-corrected chi connectivity index (χ0v) is 24.5. The molecule has 33 heavy (non-hydrogen) atoms. The van der Waals surface area contributed by atoms with Crippen LogP contribution < -0.4 is 0 Å². The van der Waals surface area contributed by atoms with Crippen molar-refractivity contribution in [2.75, 3.05) is 7.05 Å². The predicted molar refractivity (Wildman–Crippen MR) is 153 cm³/mol. The summed E-state index contributed by atoms with van der Waals surface area (Å²) in [6, 6.07) is 0. The van der Waals surface area contributed by atoms with Gasteiger partial charge in [0, 0.05) is 18.2 Å². The van der Waals surface area contributed by atoms with Gasteiger partial charge in [-0.15, -0.1) is 0 Å². The van der Waals surface area contributed by atoms with E-state index in [0.29, 0.717) is 0 Å². The highest BCUT2D eigenvalue weighted by Gasteiger charge is 2.26. The summed E-state index contributed by atoms with van der Waals surface area (Å²) in [5.41, 5.74) is 12.5. The molecule has 1 nitrogen and oxygen atoms in total. The summed E-state index contributed by atoms with van der Waals surface area (Å²) in [5.74, 6) is 0. The monoisotopic (exact) mass is 449 g/mol. The van der Waals surface area contributed by atoms with Crippen molar-refractivity contribution >= 4 is 5.71 Å². The second-order valence-electron chi connectivity index (χ2n) is 10.9. The van der Waals surface area contributed by atoms with Crippen LogP contribution in [0.4, 0.5) is 0 Å². The molecule has 1 rings (SSSR count). The first-order valence-electron chi connectivity index (χ1n) is 12.3. The fourth-order valence-corrected chi connectivity index (χ4v) is 3.48. The van der Waals surface area contributed by atoms with Crippen LogP contribution in [-0.2, 0) is 0 Å². The zero-order valence-electron chi connectivity index (χ0n) is 24.5. The molecule has 1 aliphatic rings.